The maximum atomic E-state index is 12.1. The highest BCUT2D eigenvalue weighted by Gasteiger charge is 2.17. The van der Waals surface area contributed by atoms with Crippen molar-refractivity contribution >= 4 is 44.6 Å². The van der Waals surface area contributed by atoms with Gasteiger partial charge in [-0.15, -0.1) is 11.3 Å². The van der Waals surface area contributed by atoms with Crippen molar-refractivity contribution in [1.29, 1.82) is 0 Å². The van der Waals surface area contributed by atoms with E-state index in [1.165, 1.54) is 29.5 Å². The Morgan fingerprint density at radius 3 is 2.79 bits per heavy atom. The van der Waals surface area contributed by atoms with Crippen LogP contribution in [0.2, 0.25) is 10.0 Å². The second kappa shape index (κ2) is 6.19. The molecule has 2 aromatic rings. The van der Waals surface area contributed by atoms with Crippen molar-refractivity contribution in [2.45, 2.75) is 11.3 Å². The summed E-state index contributed by atoms with van der Waals surface area (Å²) in [5.41, 5.74) is 2.56. The van der Waals surface area contributed by atoms with Crippen molar-refractivity contribution in [2.75, 3.05) is 6.54 Å². The van der Waals surface area contributed by atoms with Gasteiger partial charge in [-0.25, -0.2) is 18.1 Å². The summed E-state index contributed by atoms with van der Waals surface area (Å²) in [4.78, 5) is 4.06. The molecular formula is C11H10Cl2N2O2S2. The van der Waals surface area contributed by atoms with Gasteiger partial charge in [0.05, 0.1) is 16.2 Å². The fraction of sp³-hybridized carbons (Fsp3) is 0.182. The Labute approximate surface area is 125 Å². The van der Waals surface area contributed by atoms with Crippen LogP contribution in [0.25, 0.3) is 0 Å². The molecule has 4 nitrogen and oxygen atoms in total. The van der Waals surface area contributed by atoms with Crippen LogP contribution in [0.1, 0.15) is 5.69 Å². The SMILES string of the molecule is O=S(=O)(NCCc1cscn1)c1cc(Cl)ccc1Cl. The van der Waals surface area contributed by atoms with Crippen LogP contribution in [0.4, 0.5) is 0 Å². The minimum absolute atomic E-state index is 0.0139. The second-order valence-corrected chi connectivity index (χ2v) is 7.00. The molecule has 1 aromatic carbocycles. The fourth-order valence-electron chi connectivity index (χ4n) is 1.44. The molecule has 0 radical (unpaired) electrons. The summed E-state index contributed by atoms with van der Waals surface area (Å²) in [6, 6.07) is 4.33. The predicted octanol–water partition coefficient (Wildman–Crippen LogP) is 2.97. The second-order valence-electron chi connectivity index (χ2n) is 3.70. The fourth-order valence-corrected chi connectivity index (χ4v) is 3.82. The number of thiazole rings is 1. The van der Waals surface area contributed by atoms with E-state index in [1.54, 1.807) is 5.51 Å². The molecule has 0 saturated heterocycles. The van der Waals surface area contributed by atoms with E-state index in [0.29, 0.717) is 11.4 Å². The summed E-state index contributed by atoms with van der Waals surface area (Å²) < 4.78 is 26.6. The first-order valence-electron chi connectivity index (χ1n) is 5.31. The summed E-state index contributed by atoms with van der Waals surface area (Å²) >= 11 is 13.1. The lowest BCUT2D eigenvalue weighted by atomic mass is 10.3. The Morgan fingerprint density at radius 1 is 1.32 bits per heavy atom. The van der Waals surface area contributed by atoms with E-state index < -0.39 is 10.0 Å². The Morgan fingerprint density at radius 2 is 2.11 bits per heavy atom. The number of aromatic nitrogens is 1. The molecule has 0 atom stereocenters. The van der Waals surface area contributed by atoms with Gasteiger partial charge < -0.3 is 0 Å². The van der Waals surface area contributed by atoms with E-state index in [9.17, 15) is 8.42 Å². The van der Waals surface area contributed by atoms with Crippen LogP contribution >= 0.6 is 34.5 Å². The molecule has 0 aliphatic rings. The molecule has 1 N–H and O–H groups in total. The van der Waals surface area contributed by atoms with Crippen LogP contribution in [-0.2, 0) is 16.4 Å². The number of nitrogens with one attached hydrogen (secondary N) is 1. The van der Waals surface area contributed by atoms with Gasteiger partial charge in [0.1, 0.15) is 4.90 Å². The first-order valence-corrected chi connectivity index (χ1v) is 8.49. The molecule has 1 heterocycles. The Hall–Kier alpha value is -0.660. The monoisotopic (exact) mass is 336 g/mol. The lowest BCUT2D eigenvalue weighted by Crippen LogP contribution is -2.26. The maximum Gasteiger partial charge on any atom is 0.242 e. The van der Waals surface area contributed by atoms with E-state index in [-0.39, 0.29) is 16.5 Å². The van der Waals surface area contributed by atoms with Crippen molar-refractivity contribution in [3.05, 3.63) is 44.8 Å². The van der Waals surface area contributed by atoms with Gasteiger partial charge in [0.2, 0.25) is 10.0 Å². The van der Waals surface area contributed by atoms with E-state index in [1.807, 2.05) is 5.38 Å². The van der Waals surface area contributed by atoms with Crippen LogP contribution in [-0.4, -0.2) is 19.9 Å². The van der Waals surface area contributed by atoms with Gasteiger partial charge in [-0.2, -0.15) is 0 Å². The average molecular weight is 337 g/mol. The van der Waals surface area contributed by atoms with Crippen LogP contribution in [0.5, 0.6) is 0 Å². The number of nitrogens with zero attached hydrogens (tertiary/aromatic N) is 1. The topological polar surface area (TPSA) is 59.1 Å². The number of benzene rings is 1. The zero-order valence-corrected chi connectivity index (χ0v) is 12.8. The molecular weight excluding hydrogens is 327 g/mol. The molecule has 0 aliphatic carbocycles. The highest BCUT2D eigenvalue weighted by Crippen LogP contribution is 2.24. The van der Waals surface area contributed by atoms with Crippen molar-refractivity contribution in [1.82, 2.24) is 9.71 Å². The normalized spacial score (nSPS) is 11.7. The van der Waals surface area contributed by atoms with E-state index in [4.69, 9.17) is 23.2 Å². The zero-order chi connectivity index (χ0) is 13.9. The number of hydrogen-bond donors (Lipinski definition) is 1. The molecule has 1 aromatic heterocycles. The van der Waals surface area contributed by atoms with Crippen molar-refractivity contribution in [2.24, 2.45) is 0 Å². The number of halogens is 2. The molecule has 0 fully saturated rings. The highest BCUT2D eigenvalue weighted by molar-refractivity contribution is 7.89. The molecule has 102 valence electrons. The minimum Gasteiger partial charge on any atom is -0.250 e. The van der Waals surface area contributed by atoms with E-state index >= 15 is 0 Å². The number of hydrogen-bond acceptors (Lipinski definition) is 4. The molecule has 8 heteroatoms. The molecule has 0 spiro atoms. The molecule has 19 heavy (non-hydrogen) atoms. The molecule has 0 bridgehead atoms. The van der Waals surface area contributed by atoms with Crippen molar-refractivity contribution < 1.29 is 8.42 Å². The van der Waals surface area contributed by atoms with E-state index in [0.717, 1.165) is 5.69 Å². The van der Waals surface area contributed by atoms with Gasteiger partial charge in [-0.3, -0.25) is 0 Å². The summed E-state index contributed by atoms with van der Waals surface area (Å²) in [6.45, 7) is 0.259. The number of rotatable bonds is 5. The summed E-state index contributed by atoms with van der Waals surface area (Å²) in [6.07, 6.45) is 0.529. The van der Waals surface area contributed by atoms with Gasteiger partial charge in [0.15, 0.2) is 0 Å². The third kappa shape index (κ3) is 3.90. The highest BCUT2D eigenvalue weighted by atomic mass is 35.5. The third-order valence-corrected chi connectivity index (χ3v) is 5.15. The smallest absolute Gasteiger partial charge is 0.242 e. The van der Waals surface area contributed by atoms with Gasteiger partial charge >= 0.3 is 0 Å². The summed E-state index contributed by atoms with van der Waals surface area (Å²) in [5.74, 6) is 0. The quantitative estimate of drug-likeness (QED) is 0.913. The molecule has 0 unspecified atom stereocenters. The summed E-state index contributed by atoms with van der Waals surface area (Å²) in [7, 11) is -3.66. The largest absolute Gasteiger partial charge is 0.250 e. The first-order chi connectivity index (χ1) is 8.99. The van der Waals surface area contributed by atoms with Crippen LogP contribution in [0, 0.1) is 0 Å². The summed E-state index contributed by atoms with van der Waals surface area (Å²) in [5, 5.41) is 2.34. The van der Waals surface area contributed by atoms with Gasteiger partial charge in [-0.05, 0) is 18.2 Å². The predicted molar refractivity (Wildman–Crippen MR) is 77.5 cm³/mol. The molecule has 0 amide bonds. The van der Waals surface area contributed by atoms with Gasteiger partial charge in [-0.1, -0.05) is 23.2 Å². The standard InChI is InChI=1S/C11H10Cl2N2O2S2/c12-8-1-2-10(13)11(5-8)19(16,17)15-4-3-9-6-18-7-14-9/h1-2,5-7,15H,3-4H2. The Bertz CT molecular complexity index is 657. The van der Waals surface area contributed by atoms with Crippen LogP contribution in [0.15, 0.2) is 34.0 Å². The van der Waals surface area contributed by atoms with Crippen LogP contribution < -0.4 is 4.72 Å². The number of sulfonamides is 1. The molecule has 0 saturated carbocycles. The van der Waals surface area contributed by atoms with Crippen molar-refractivity contribution in [3.8, 4) is 0 Å². The van der Waals surface area contributed by atoms with E-state index in [2.05, 4.69) is 9.71 Å². The lowest BCUT2D eigenvalue weighted by Gasteiger charge is -2.08. The van der Waals surface area contributed by atoms with Gasteiger partial charge in [0.25, 0.3) is 0 Å². The Kier molecular flexibility index (Phi) is 4.81. The molecule has 0 aliphatic heterocycles. The maximum absolute atomic E-state index is 12.1. The third-order valence-electron chi connectivity index (χ3n) is 2.34. The average Bonchev–Trinajstić information content (AvgIpc) is 2.85. The lowest BCUT2D eigenvalue weighted by molar-refractivity contribution is 0.581. The molecule has 2 rings (SSSR count). The minimum atomic E-state index is -3.66. The van der Waals surface area contributed by atoms with Gasteiger partial charge in [0, 0.05) is 23.4 Å². The van der Waals surface area contributed by atoms with Crippen LogP contribution in [0.3, 0.4) is 0 Å². The first kappa shape index (κ1) is 14.7. The Balaban J connectivity index is 2.07. The van der Waals surface area contributed by atoms with Crippen molar-refractivity contribution in [3.63, 3.8) is 0 Å². The zero-order valence-electron chi connectivity index (χ0n) is 9.64.